The van der Waals surface area contributed by atoms with Crippen molar-refractivity contribution in [1.29, 1.82) is 0 Å². The zero-order valence-corrected chi connectivity index (χ0v) is 11.8. The van der Waals surface area contributed by atoms with Crippen LogP contribution in [0.1, 0.15) is 0 Å². The molecule has 0 aliphatic carbocycles. The average Bonchev–Trinajstić information content (AvgIpc) is 2.65. The molecule has 0 unspecified atom stereocenters. The molecule has 0 amide bonds. The second kappa shape index (κ2) is 4.70. The Morgan fingerprint density at radius 1 is 1.18 bits per heavy atom. The highest BCUT2D eigenvalue weighted by Crippen LogP contribution is 2.33. The Hall–Kier alpha value is -0.400. The maximum Gasteiger partial charge on any atom is 0.290 e. The Balaban J connectivity index is 2.51. The van der Waals surface area contributed by atoms with E-state index in [0.29, 0.717) is 20.6 Å². The summed E-state index contributed by atoms with van der Waals surface area (Å²) in [4.78, 5) is 0. The van der Waals surface area contributed by atoms with Crippen LogP contribution in [0.25, 0.3) is 10.6 Å². The van der Waals surface area contributed by atoms with Crippen LogP contribution < -0.4 is 0 Å². The van der Waals surface area contributed by atoms with Gasteiger partial charge in [0.05, 0.1) is 5.02 Å². The number of rotatable bonds is 2. The van der Waals surface area contributed by atoms with Gasteiger partial charge in [-0.1, -0.05) is 34.5 Å². The second-order valence-corrected chi connectivity index (χ2v) is 7.50. The summed E-state index contributed by atoms with van der Waals surface area (Å²) in [6.07, 6.45) is 0. The normalized spacial score (nSPS) is 11.7. The standard InChI is InChI=1S/C8H3Cl3N2O2S2/c9-4-1-2-5(6(10)3-4)7-12-13-8(16-7)17(11,14)15/h1-3H. The van der Waals surface area contributed by atoms with Gasteiger partial charge in [0.25, 0.3) is 9.05 Å². The van der Waals surface area contributed by atoms with Crippen molar-refractivity contribution in [3.63, 3.8) is 0 Å². The summed E-state index contributed by atoms with van der Waals surface area (Å²) in [7, 11) is 1.29. The van der Waals surface area contributed by atoms with E-state index in [4.69, 9.17) is 33.9 Å². The molecule has 0 fully saturated rings. The van der Waals surface area contributed by atoms with Gasteiger partial charge in [-0.2, -0.15) is 0 Å². The maximum atomic E-state index is 11.0. The molecule has 0 spiro atoms. The molecule has 0 saturated heterocycles. The molecule has 0 aliphatic rings. The van der Waals surface area contributed by atoms with Gasteiger partial charge in [-0.15, -0.1) is 10.2 Å². The van der Waals surface area contributed by atoms with Gasteiger partial charge >= 0.3 is 0 Å². The van der Waals surface area contributed by atoms with Crippen LogP contribution in [0, 0.1) is 0 Å². The molecule has 0 bridgehead atoms. The minimum Gasteiger partial charge on any atom is -0.204 e. The third kappa shape index (κ3) is 2.89. The molecule has 0 aliphatic heterocycles. The van der Waals surface area contributed by atoms with Crippen molar-refractivity contribution in [2.24, 2.45) is 0 Å². The predicted octanol–water partition coefficient (Wildman–Crippen LogP) is 3.44. The lowest BCUT2D eigenvalue weighted by Crippen LogP contribution is -1.87. The van der Waals surface area contributed by atoms with Crippen LogP contribution in [0.4, 0.5) is 0 Å². The van der Waals surface area contributed by atoms with Gasteiger partial charge in [-0.25, -0.2) is 8.42 Å². The zero-order valence-electron chi connectivity index (χ0n) is 7.89. The number of nitrogens with zero attached hydrogens (tertiary/aromatic N) is 2. The van der Waals surface area contributed by atoms with Crippen molar-refractivity contribution < 1.29 is 8.42 Å². The van der Waals surface area contributed by atoms with Crippen molar-refractivity contribution >= 4 is 54.3 Å². The summed E-state index contributed by atoms with van der Waals surface area (Å²) < 4.78 is 21.8. The zero-order chi connectivity index (χ0) is 12.6. The van der Waals surface area contributed by atoms with Gasteiger partial charge in [0.1, 0.15) is 5.01 Å². The largest absolute Gasteiger partial charge is 0.290 e. The first-order valence-electron chi connectivity index (χ1n) is 4.11. The van der Waals surface area contributed by atoms with Crippen molar-refractivity contribution in [3.8, 4) is 10.6 Å². The Labute approximate surface area is 116 Å². The quantitative estimate of drug-likeness (QED) is 0.792. The van der Waals surface area contributed by atoms with Crippen molar-refractivity contribution in [3.05, 3.63) is 28.2 Å². The minimum absolute atomic E-state index is 0.264. The highest BCUT2D eigenvalue weighted by Gasteiger charge is 2.18. The molecule has 9 heteroatoms. The molecule has 90 valence electrons. The van der Waals surface area contributed by atoms with Gasteiger partial charge in [0.15, 0.2) is 0 Å². The molecule has 2 rings (SSSR count). The Morgan fingerprint density at radius 3 is 2.41 bits per heavy atom. The molecule has 4 nitrogen and oxygen atoms in total. The lowest BCUT2D eigenvalue weighted by atomic mass is 10.2. The van der Waals surface area contributed by atoms with Crippen LogP contribution in [-0.4, -0.2) is 18.6 Å². The molecule has 0 saturated carbocycles. The van der Waals surface area contributed by atoms with Gasteiger partial charge in [0.2, 0.25) is 4.34 Å². The fourth-order valence-corrected chi connectivity index (χ4v) is 3.40. The first-order chi connectivity index (χ1) is 7.88. The van der Waals surface area contributed by atoms with Crippen molar-refractivity contribution in [1.82, 2.24) is 10.2 Å². The summed E-state index contributed by atoms with van der Waals surface area (Å²) >= 11 is 12.6. The molecule has 0 N–H and O–H groups in total. The molecule has 0 atom stereocenters. The molecule has 1 aromatic carbocycles. The third-order valence-corrected chi connectivity index (χ3v) is 5.20. The van der Waals surface area contributed by atoms with Crippen LogP contribution in [0.3, 0.4) is 0 Å². The molecule has 1 heterocycles. The van der Waals surface area contributed by atoms with E-state index in [1.165, 1.54) is 6.07 Å². The van der Waals surface area contributed by atoms with E-state index in [2.05, 4.69) is 10.2 Å². The van der Waals surface area contributed by atoms with Gasteiger partial charge < -0.3 is 0 Å². The number of aromatic nitrogens is 2. The van der Waals surface area contributed by atoms with Gasteiger partial charge in [-0.3, -0.25) is 0 Å². The maximum absolute atomic E-state index is 11.0. The Bertz CT molecular complexity index is 669. The van der Waals surface area contributed by atoms with E-state index in [1.807, 2.05) is 0 Å². The molecule has 2 aromatic rings. The summed E-state index contributed by atoms with van der Waals surface area (Å²) in [6.45, 7) is 0. The predicted molar refractivity (Wildman–Crippen MR) is 68.4 cm³/mol. The summed E-state index contributed by atoms with van der Waals surface area (Å²) in [5.74, 6) is 0. The van der Waals surface area contributed by atoms with E-state index in [0.717, 1.165) is 11.3 Å². The average molecular weight is 330 g/mol. The SMILES string of the molecule is O=S(=O)(Cl)c1nnc(-c2ccc(Cl)cc2Cl)s1. The van der Waals surface area contributed by atoms with Gasteiger partial charge in [-0.05, 0) is 18.2 Å². The monoisotopic (exact) mass is 328 g/mol. The molecule has 1 aromatic heterocycles. The summed E-state index contributed by atoms with van der Waals surface area (Å²) in [6, 6.07) is 4.80. The fourth-order valence-electron chi connectivity index (χ4n) is 1.08. The lowest BCUT2D eigenvalue weighted by Gasteiger charge is -1.98. The number of benzene rings is 1. The molecule has 17 heavy (non-hydrogen) atoms. The molecular weight excluding hydrogens is 327 g/mol. The Kier molecular flexibility index (Phi) is 3.61. The van der Waals surface area contributed by atoms with Crippen LogP contribution in [0.15, 0.2) is 22.5 Å². The van der Waals surface area contributed by atoms with Crippen LogP contribution in [0.2, 0.25) is 10.0 Å². The number of hydrogen-bond acceptors (Lipinski definition) is 5. The van der Waals surface area contributed by atoms with E-state index in [1.54, 1.807) is 12.1 Å². The first-order valence-corrected chi connectivity index (χ1v) is 7.99. The highest BCUT2D eigenvalue weighted by atomic mass is 35.7. The Morgan fingerprint density at radius 2 is 1.88 bits per heavy atom. The minimum atomic E-state index is -3.86. The highest BCUT2D eigenvalue weighted by molar-refractivity contribution is 8.15. The smallest absolute Gasteiger partial charge is 0.204 e. The first kappa shape index (κ1) is 13.0. The van der Waals surface area contributed by atoms with Crippen molar-refractivity contribution in [2.45, 2.75) is 4.34 Å². The summed E-state index contributed by atoms with van der Waals surface area (Å²) in [5.41, 5.74) is 0.556. The second-order valence-electron chi connectivity index (χ2n) is 2.94. The van der Waals surface area contributed by atoms with E-state index >= 15 is 0 Å². The van der Waals surface area contributed by atoms with Crippen LogP contribution in [0.5, 0.6) is 0 Å². The topological polar surface area (TPSA) is 59.9 Å². The van der Waals surface area contributed by atoms with Crippen molar-refractivity contribution in [2.75, 3.05) is 0 Å². The summed E-state index contributed by atoms with van der Waals surface area (Å²) in [5, 5.41) is 8.42. The van der Waals surface area contributed by atoms with E-state index in [9.17, 15) is 8.42 Å². The number of hydrogen-bond donors (Lipinski definition) is 0. The van der Waals surface area contributed by atoms with Crippen LogP contribution >= 0.6 is 45.2 Å². The lowest BCUT2D eigenvalue weighted by molar-refractivity contribution is 0.607. The third-order valence-electron chi connectivity index (χ3n) is 1.78. The van der Waals surface area contributed by atoms with E-state index < -0.39 is 9.05 Å². The molecule has 0 radical (unpaired) electrons. The van der Waals surface area contributed by atoms with E-state index in [-0.39, 0.29) is 4.34 Å². The fraction of sp³-hybridized carbons (Fsp3) is 0. The molecular formula is C8H3Cl3N2O2S2. The van der Waals surface area contributed by atoms with Gasteiger partial charge in [0, 0.05) is 21.3 Å². The van der Waals surface area contributed by atoms with Crippen LogP contribution in [-0.2, 0) is 9.05 Å². The number of halogens is 3.